The van der Waals surface area contributed by atoms with Crippen molar-refractivity contribution in [1.82, 2.24) is 29.6 Å². The number of carbonyl (C=O) groups is 1. The fourth-order valence-corrected chi connectivity index (χ4v) is 3.38. The lowest BCUT2D eigenvalue weighted by molar-refractivity contribution is -0.132. The molecule has 3 N–H and O–H groups in total. The second kappa shape index (κ2) is 7.71. The Hall–Kier alpha value is -3.00. The van der Waals surface area contributed by atoms with Crippen LogP contribution in [0.25, 0.3) is 0 Å². The smallest absolute Gasteiger partial charge is 0.239 e. The van der Waals surface area contributed by atoms with Crippen LogP contribution in [-0.2, 0) is 30.6 Å². The molecule has 8 nitrogen and oxygen atoms in total. The number of fused-ring (bicyclic) bond motifs is 1. The van der Waals surface area contributed by atoms with Crippen LogP contribution in [-0.4, -0.2) is 54.7 Å². The first-order valence-electron chi connectivity index (χ1n) is 9.17. The summed E-state index contributed by atoms with van der Waals surface area (Å²) in [5.74, 6) is 1.71. The SMILES string of the molecule is N[C@@H](Cc1cnc[nH]1)C(=O)N1CCc2nc(Cc3ccccc3)nn2CC1. The molecule has 0 spiro atoms. The number of amides is 1. The largest absolute Gasteiger partial charge is 0.348 e. The highest BCUT2D eigenvalue weighted by atomic mass is 16.2. The molecule has 0 aliphatic carbocycles. The first-order chi connectivity index (χ1) is 13.2. The molecule has 8 heteroatoms. The van der Waals surface area contributed by atoms with Gasteiger partial charge in [0.25, 0.3) is 0 Å². The molecule has 0 fully saturated rings. The van der Waals surface area contributed by atoms with Crippen LogP contribution < -0.4 is 5.73 Å². The summed E-state index contributed by atoms with van der Waals surface area (Å²) in [6.07, 6.45) is 5.15. The predicted octanol–water partition coefficient (Wildman–Crippen LogP) is 0.547. The van der Waals surface area contributed by atoms with Crippen LogP contribution in [0.5, 0.6) is 0 Å². The highest BCUT2D eigenvalue weighted by Gasteiger charge is 2.25. The molecule has 0 radical (unpaired) electrons. The van der Waals surface area contributed by atoms with Crippen LogP contribution >= 0.6 is 0 Å². The number of aromatic amines is 1. The summed E-state index contributed by atoms with van der Waals surface area (Å²) in [6, 6.07) is 9.62. The molecule has 140 valence electrons. The van der Waals surface area contributed by atoms with Crippen molar-refractivity contribution in [3.05, 3.63) is 65.8 Å². The second-order valence-electron chi connectivity index (χ2n) is 6.79. The van der Waals surface area contributed by atoms with Crippen LogP contribution in [0.4, 0.5) is 0 Å². The van der Waals surface area contributed by atoms with Crippen molar-refractivity contribution in [2.45, 2.75) is 31.8 Å². The van der Waals surface area contributed by atoms with Crippen LogP contribution in [0.1, 0.15) is 22.9 Å². The standard InChI is InChI=1S/C19H23N7O/c20-16(11-15-12-21-13-22-15)19(27)25-7-6-18-23-17(24-26(18)9-8-25)10-14-4-2-1-3-5-14/h1-5,12-13,16H,6-11,20H2,(H,21,22)/t16-/m0/s1. The number of nitrogens with zero attached hydrogens (tertiary/aromatic N) is 5. The number of nitrogens with one attached hydrogen (secondary N) is 1. The molecule has 0 bridgehead atoms. The number of hydrogen-bond acceptors (Lipinski definition) is 5. The van der Waals surface area contributed by atoms with Gasteiger partial charge in [-0.25, -0.2) is 14.6 Å². The summed E-state index contributed by atoms with van der Waals surface area (Å²) in [4.78, 5) is 26.1. The molecule has 3 aromatic rings. The number of imidazole rings is 1. The van der Waals surface area contributed by atoms with Gasteiger partial charge in [-0.1, -0.05) is 30.3 Å². The van der Waals surface area contributed by atoms with Crippen LogP contribution in [0.15, 0.2) is 42.9 Å². The maximum atomic E-state index is 12.7. The van der Waals surface area contributed by atoms with Crippen molar-refractivity contribution >= 4 is 5.91 Å². The molecule has 0 saturated heterocycles. The van der Waals surface area contributed by atoms with E-state index in [2.05, 4.69) is 32.2 Å². The van der Waals surface area contributed by atoms with Gasteiger partial charge in [0.05, 0.1) is 18.9 Å². The zero-order valence-electron chi connectivity index (χ0n) is 15.1. The Labute approximate surface area is 157 Å². The summed E-state index contributed by atoms with van der Waals surface area (Å²) < 4.78 is 1.92. The van der Waals surface area contributed by atoms with Crippen molar-refractivity contribution in [3.8, 4) is 0 Å². The third-order valence-electron chi connectivity index (χ3n) is 4.81. The maximum absolute atomic E-state index is 12.7. The summed E-state index contributed by atoms with van der Waals surface area (Å²) in [5, 5.41) is 4.63. The number of benzene rings is 1. The molecule has 1 atom stereocenters. The minimum atomic E-state index is -0.572. The minimum Gasteiger partial charge on any atom is -0.348 e. The first kappa shape index (κ1) is 17.4. The molecular formula is C19H23N7O. The second-order valence-corrected chi connectivity index (χ2v) is 6.79. The number of H-pyrrole nitrogens is 1. The van der Waals surface area contributed by atoms with Gasteiger partial charge >= 0.3 is 0 Å². The normalized spacial score (nSPS) is 15.2. The number of carbonyl (C=O) groups excluding carboxylic acids is 1. The maximum Gasteiger partial charge on any atom is 0.239 e. The Morgan fingerprint density at radius 1 is 1.22 bits per heavy atom. The Balaban J connectivity index is 1.37. The van der Waals surface area contributed by atoms with Crippen molar-refractivity contribution < 1.29 is 4.79 Å². The minimum absolute atomic E-state index is 0.0418. The van der Waals surface area contributed by atoms with Crippen LogP contribution in [0, 0.1) is 0 Å². The van der Waals surface area contributed by atoms with Crippen molar-refractivity contribution in [2.24, 2.45) is 5.73 Å². The van der Waals surface area contributed by atoms with E-state index in [1.807, 2.05) is 27.8 Å². The van der Waals surface area contributed by atoms with E-state index < -0.39 is 6.04 Å². The fraction of sp³-hybridized carbons (Fsp3) is 0.368. The van der Waals surface area contributed by atoms with Gasteiger partial charge in [0, 0.05) is 44.2 Å². The van der Waals surface area contributed by atoms with E-state index in [0.717, 1.165) is 23.8 Å². The molecule has 3 heterocycles. The van der Waals surface area contributed by atoms with E-state index in [4.69, 9.17) is 5.73 Å². The molecule has 2 aromatic heterocycles. The van der Waals surface area contributed by atoms with Crippen molar-refractivity contribution in [3.63, 3.8) is 0 Å². The van der Waals surface area contributed by atoms with Gasteiger partial charge in [0.2, 0.25) is 5.91 Å². The first-order valence-corrected chi connectivity index (χ1v) is 9.17. The molecule has 4 rings (SSSR count). The molecule has 1 aliphatic heterocycles. The van der Waals surface area contributed by atoms with E-state index in [9.17, 15) is 4.79 Å². The van der Waals surface area contributed by atoms with Crippen LogP contribution in [0.2, 0.25) is 0 Å². The van der Waals surface area contributed by atoms with E-state index in [1.54, 1.807) is 12.5 Å². The van der Waals surface area contributed by atoms with Gasteiger partial charge in [0.15, 0.2) is 5.82 Å². The molecular weight excluding hydrogens is 342 g/mol. The molecule has 27 heavy (non-hydrogen) atoms. The van der Waals surface area contributed by atoms with E-state index in [0.29, 0.717) is 32.5 Å². The van der Waals surface area contributed by atoms with E-state index >= 15 is 0 Å². The lowest BCUT2D eigenvalue weighted by Gasteiger charge is -2.23. The van der Waals surface area contributed by atoms with Gasteiger partial charge in [-0.05, 0) is 5.56 Å². The van der Waals surface area contributed by atoms with Gasteiger partial charge < -0.3 is 15.6 Å². The van der Waals surface area contributed by atoms with Crippen molar-refractivity contribution in [2.75, 3.05) is 13.1 Å². The summed E-state index contributed by atoms with van der Waals surface area (Å²) in [6.45, 7) is 1.84. The third-order valence-corrected chi connectivity index (χ3v) is 4.81. The Morgan fingerprint density at radius 3 is 2.85 bits per heavy atom. The summed E-state index contributed by atoms with van der Waals surface area (Å²) in [5.41, 5.74) is 8.16. The Kier molecular flexibility index (Phi) is 4.97. The van der Waals surface area contributed by atoms with Gasteiger partial charge in [-0.2, -0.15) is 5.10 Å². The third kappa shape index (κ3) is 4.06. The van der Waals surface area contributed by atoms with Crippen molar-refractivity contribution in [1.29, 1.82) is 0 Å². The highest BCUT2D eigenvalue weighted by Crippen LogP contribution is 2.12. The highest BCUT2D eigenvalue weighted by molar-refractivity contribution is 5.82. The van der Waals surface area contributed by atoms with Gasteiger partial charge in [-0.3, -0.25) is 4.79 Å². The lowest BCUT2D eigenvalue weighted by Crippen LogP contribution is -2.46. The average molecular weight is 365 g/mol. The Morgan fingerprint density at radius 2 is 2.07 bits per heavy atom. The molecule has 1 amide bonds. The zero-order valence-corrected chi connectivity index (χ0v) is 15.1. The summed E-state index contributed by atoms with van der Waals surface area (Å²) in [7, 11) is 0. The number of rotatable bonds is 5. The zero-order chi connectivity index (χ0) is 18.6. The van der Waals surface area contributed by atoms with Gasteiger partial charge in [-0.15, -0.1) is 0 Å². The molecule has 1 aliphatic rings. The fourth-order valence-electron chi connectivity index (χ4n) is 3.38. The number of aromatic nitrogens is 5. The molecule has 1 aromatic carbocycles. The topological polar surface area (TPSA) is 106 Å². The molecule has 0 saturated carbocycles. The molecule has 0 unspecified atom stereocenters. The average Bonchev–Trinajstić information content (AvgIpc) is 3.28. The Bertz CT molecular complexity index is 863. The van der Waals surface area contributed by atoms with Crippen LogP contribution in [0.3, 0.4) is 0 Å². The van der Waals surface area contributed by atoms with E-state index in [-0.39, 0.29) is 5.91 Å². The number of nitrogens with two attached hydrogens (primary N) is 1. The predicted molar refractivity (Wildman–Crippen MR) is 99.8 cm³/mol. The van der Waals surface area contributed by atoms with E-state index in [1.165, 1.54) is 5.56 Å². The monoisotopic (exact) mass is 365 g/mol. The van der Waals surface area contributed by atoms with Gasteiger partial charge in [0.1, 0.15) is 5.82 Å². The lowest BCUT2D eigenvalue weighted by atomic mass is 10.1. The quantitative estimate of drug-likeness (QED) is 0.687. The summed E-state index contributed by atoms with van der Waals surface area (Å²) >= 11 is 0. The number of hydrogen-bond donors (Lipinski definition) is 2.